The van der Waals surface area contributed by atoms with E-state index in [1.807, 2.05) is 41.4 Å². The Morgan fingerprint density at radius 3 is 2.90 bits per heavy atom. The summed E-state index contributed by atoms with van der Waals surface area (Å²) in [5.74, 6) is 0.580. The van der Waals surface area contributed by atoms with Gasteiger partial charge in [0.25, 0.3) is 0 Å². The molecule has 0 radical (unpaired) electrons. The van der Waals surface area contributed by atoms with Crippen LogP contribution < -0.4 is 5.32 Å². The van der Waals surface area contributed by atoms with Gasteiger partial charge in [-0.2, -0.15) is 5.10 Å². The van der Waals surface area contributed by atoms with Gasteiger partial charge in [-0.1, -0.05) is 25.1 Å². The lowest BCUT2D eigenvalue weighted by molar-refractivity contribution is 0.182. The molecule has 5 nitrogen and oxygen atoms in total. The first kappa shape index (κ1) is 13.7. The molecule has 0 unspecified atom stereocenters. The van der Waals surface area contributed by atoms with Crippen LogP contribution in [0, 0.1) is 5.92 Å². The number of hydrogen-bond donors (Lipinski definition) is 1. The molecular formula is C16H20N4O. The number of aromatic nitrogens is 2. The molecule has 2 aromatic rings. The molecule has 5 heteroatoms. The zero-order valence-electron chi connectivity index (χ0n) is 12.2. The molecule has 0 bridgehead atoms. The minimum Gasteiger partial charge on any atom is -0.324 e. The fourth-order valence-electron chi connectivity index (χ4n) is 2.69. The first-order valence-corrected chi connectivity index (χ1v) is 7.38. The van der Waals surface area contributed by atoms with E-state index in [1.165, 1.54) is 6.42 Å². The largest absolute Gasteiger partial charge is 0.324 e. The monoisotopic (exact) mass is 284 g/mol. The molecule has 0 aliphatic carbocycles. The van der Waals surface area contributed by atoms with E-state index < -0.39 is 0 Å². The summed E-state index contributed by atoms with van der Waals surface area (Å²) in [7, 11) is 0. The van der Waals surface area contributed by atoms with Gasteiger partial charge in [-0.25, -0.2) is 9.48 Å². The molecule has 0 saturated carbocycles. The van der Waals surface area contributed by atoms with E-state index in [0.29, 0.717) is 5.92 Å². The van der Waals surface area contributed by atoms with E-state index in [-0.39, 0.29) is 6.03 Å². The molecule has 1 aromatic carbocycles. The number of likely N-dealkylation sites (tertiary alicyclic amines) is 1. The molecule has 2 heterocycles. The fourth-order valence-corrected chi connectivity index (χ4v) is 2.69. The number of piperidine rings is 1. The van der Waals surface area contributed by atoms with Gasteiger partial charge in [-0.3, -0.25) is 0 Å². The topological polar surface area (TPSA) is 50.2 Å². The van der Waals surface area contributed by atoms with E-state index in [2.05, 4.69) is 17.3 Å². The van der Waals surface area contributed by atoms with Crippen LogP contribution in [0.25, 0.3) is 5.69 Å². The van der Waals surface area contributed by atoms with Crippen molar-refractivity contribution < 1.29 is 4.79 Å². The van der Waals surface area contributed by atoms with Crippen LogP contribution in [0.3, 0.4) is 0 Å². The Morgan fingerprint density at radius 1 is 1.33 bits per heavy atom. The van der Waals surface area contributed by atoms with Gasteiger partial charge in [-0.15, -0.1) is 0 Å². The zero-order chi connectivity index (χ0) is 14.7. The van der Waals surface area contributed by atoms with Gasteiger partial charge in [0.1, 0.15) is 0 Å². The van der Waals surface area contributed by atoms with Crippen molar-refractivity contribution >= 4 is 11.7 Å². The van der Waals surface area contributed by atoms with Crippen molar-refractivity contribution in [3.63, 3.8) is 0 Å². The number of benzene rings is 1. The molecule has 0 spiro atoms. The second kappa shape index (κ2) is 5.99. The van der Waals surface area contributed by atoms with Gasteiger partial charge in [0.15, 0.2) is 0 Å². The standard InChI is InChI=1S/C16H20N4O/c1-13-6-5-9-19(11-13)16(21)18-14-10-17-20(12-14)15-7-3-2-4-8-15/h2-4,7-8,10,12-13H,5-6,9,11H2,1H3,(H,18,21)/t13-/m1/s1. The van der Waals surface area contributed by atoms with E-state index >= 15 is 0 Å². The molecule has 1 N–H and O–H groups in total. The molecule has 1 atom stereocenters. The van der Waals surface area contributed by atoms with Crippen LogP contribution in [-0.2, 0) is 0 Å². The van der Waals surface area contributed by atoms with Crippen molar-refractivity contribution in [3.8, 4) is 5.69 Å². The normalized spacial score (nSPS) is 18.5. The van der Waals surface area contributed by atoms with E-state index in [0.717, 1.165) is 30.9 Å². The highest BCUT2D eigenvalue weighted by atomic mass is 16.2. The molecule has 3 rings (SSSR count). The molecule has 1 saturated heterocycles. The Kier molecular flexibility index (Phi) is 3.90. The first-order chi connectivity index (χ1) is 10.2. The summed E-state index contributed by atoms with van der Waals surface area (Å²) in [6.45, 7) is 3.86. The second-order valence-electron chi connectivity index (χ2n) is 5.63. The Hall–Kier alpha value is -2.30. The summed E-state index contributed by atoms with van der Waals surface area (Å²) in [4.78, 5) is 14.1. The molecule has 1 aliphatic heterocycles. The lowest BCUT2D eigenvalue weighted by Gasteiger charge is -2.30. The number of rotatable bonds is 2. The third-order valence-corrected chi connectivity index (χ3v) is 3.80. The predicted molar refractivity (Wildman–Crippen MR) is 82.6 cm³/mol. The van der Waals surface area contributed by atoms with Crippen molar-refractivity contribution in [2.24, 2.45) is 5.92 Å². The number of carbonyl (C=O) groups excluding carboxylic acids is 1. The smallest absolute Gasteiger partial charge is 0.321 e. The average Bonchev–Trinajstić information content (AvgIpc) is 2.97. The Labute approximate surface area is 124 Å². The second-order valence-corrected chi connectivity index (χ2v) is 5.63. The Balaban J connectivity index is 1.66. The average molecular weight is 284 g/mol. The molecule has 21 heavy (non-hydrogen) atoms. The summed E-state index contributed by atoms with van der Waals surface area (Å²) in [5, 5.41) is 7.21. The van der Waals surface area contributed by atoms with Crippen molar-refractivity contribution in [2.45, 2.75) is 19.8 Å². The Morgan fingerprint density at radius 2 is 2.14 bits per heavy atom. The lowest BCUT2D eigenvalue weighted by atomic mass is 10.0. The number of carbonyl (C=O) groups is 1. The maximum Gasteiger partial charge on any atom is 0.321 e. The van der Waals surface area contributed by atoms with Crippen molar-refractivity contribution in [2.75, 3.05) is 18.4 Å². The predicted octanol–water partition coefficient (Wildman–Crippen LogP) is 3.14. The van der Waals surface area contributed by atoms with Gasteiger partial charge in [0, 0.05) is 13.1 Å². The SMILES string of the molecule is C[C@@H]1CCCN(C(=O)Nc2cnn(-c3ccccc3)c2)C1. The van der Waals surface area contributed by atoms with E-state index in [9.17, 15) is 4.79 Å². The van der Waals surface area contributed by atoms with Gasteiger partial charge < -0.3 is 10.2 Å². The summed E-state index contributed by atoms with van der Waals surface area (Å²) < 4.78 is 1.76. The number of anilines is 1. The minimum atomic E-state index is -0.0332. The molecular weight excluding hydrogens is 264 g/mol. The van der Waals surface area contributed by atoms with Gasteiger partial charge in [-0.05, 0) is 30.9 Å². The van der Waals surface area contributed by atoms with Gasteiger partial charge in [0.2, 0.25) is 0 Å². The van der Waals surface area contributed by atoms with Crippen LogP contribution in [0.1, 0.15) is 19.8 Å². The van der Waals surface area contributed by atoms with Crippen molar-refractivity contribution in [1.29, 1.82) is 0 Å². The maximum absolute atomic E-state index is 12.2. The number of nitrogens with one attached hydrogen (secondary N) is 1. The van der Waals surface area contributed by atoms with Crippen molar-refractivity contribution in [1.82, 2.24) is 14.7 Å². The van der Waals surface area contributed by atoms with Crippen LogP contribution >= 0.6 is 0 Å². The van der Waals surface area contributed by atoms with Crippen LogP contribution in [0.2, 0.25) is 0 Å². The van der Waals surface area contributed by atoms with Gasteiger partial charge in [0.05, 0.1) is 23.8 Å². The minimum absolute atomic E-state index is 0.0332. The summed E-state index contributed by atoms with van der Waals surface area (Å²) >= 11 is 0. The van der Waals surface area contributed by atoms with E-state index in [1.54, 1.807) is 10.9 Å². The highest BCUT2D eigenvalue weighted by molar-refractivity contribution is 5.89. The van der Waals surface area contributed by atoms with Crippen LogP contribution in [0.5, 0.6) is 0 Å². The number of amides is 2. The highest BCUT2D eigenvalue weighted by Gasteiger charge is 2.21. The Bertz CT molecular complexity index is 608. The maximum atomic E-state index is 12.2. The summed E-state index contributed by atoms with van der Waals surface area (Å²) in [6, 6.07) is 9.81. The van der Waals surface area contributed by atoms with Gasteiger partial charge >= 0.3 is 6.03 Å². The number of urea groups is 1. The number of para-hydroxylation sites is 1. The van der Waals surface area contributed by atoms with Crippen LogP contribution in [-0.4, -0.2) is 33.8 Å². The first-order valence-electron chi connectivity index (χ1n) is 7.38. The summed E-state index contributed by atoms with van der Waals surface area (Å²) in [5.41, 5.74) is 1.70. The van der Waals surface area contributed by atoms with Crippen molar-refractivity contribution in [3.05, 3.63) is 42.7 Å². The lowest BCUT2D eigenvalue weighted by Crippen LogP contribution is -2.41. The third-order valence-electron chi connectivity index (χ3n) is 3.80. The third kappa shape index (κ3) is 3.24. The molecule has 2 amide bonds. The molecule has 1 aliphatic rings. The van der Waals surface area contributed by atoms with Crippen LogP contribution in [0.15, 0.2) is 42.7 Å². The molecule has 1 fully saturated rings. The number of nitrogens with zero attached hydrogens (tertiary/aromatic N) is 3. The number of hydrogen-bond acceptors (Lipinski definition) is 2. The quantitative estimate of drug-likeness (QED) is 0.921. The molecule has 1 aromatic heterocycles. The molecule has 110 valence electrons. The highest BCUT2D eigenvalue weighted by Crippen LogP contribution is 2.17. The van der Waals surface area contributed by atoms with E-state index in [4.69, 9.17) is 0 Å². The fraction of sp³-hybridized carbons (Fsp3) is 0.375. The zero-order valence-corrected chi connectivity index (χ0v) is 12.2. The summed E-state index contributed by atoms with van der Waals surface area (Å²) in [6.07, 6.45) is 5.80. The van der Waals surface area contributed by atoms with Crippen LogP contribution in [0.4, 0.5) is 10.5 Å².